The van der Waals surface area contributed by atoms with E-state index in [4.69, 9.17) is 4.74 Å². The van der Waals surface area contributed by atoms with Crippen molar-refractivity contribution in [1.29, 1.82) is 0 Å². The minimum absolute atomic E-state index is 0.125. The number of carbonyl (C=O) groups excluding carboxylic acids is 2. The topological polar surface area (TPSA) is 46.6 Å². The Balaban J connectivity index is 2.36. The number of allylic oxidation sites excluding steroid dienone is 3. The first kappa shape index (κ1) is 14.8. The average molecular weight is 283 g/mol. The number of benzene rings is 1. The zero-order valence-corrected chi connectivity index (χ0v) is 11.6. The van der Waals surface area contributed by atoms with Gasteiger partial charge in [0.1, 0.15) is 0 Å². The van der Waals surface area contributed by atoms with Crippen molar-refractivity contribution in [1.82, 2.24) is 0 Å². The number of hydrogen-bond donors (Lipinski definition) is 0. The van der Waals surface area contributed by atoms with Crippen molar-refractivity contribution in [3.8, 4) is 0 Å². The first-order valence-corrected chi connectivity index (χ1v) is 6.71. The molecule has 1 aromatic carbocycles. The second-order valence-electron chi connectivity index (χ2n) is 4.62. The summed E-state index contributed by atoms with van der Waals surface area (Å²) >= 11 is 0. The molecule has 1 heterocycles. The summed E-state index contributed by atoms with van der Waals surface area (Å²) in [6, 6.07) is 9.20. The van der Waals surface area contributed by atoms with Crippen LogP contribution in [0.2, 0.25) is 0 Å². The lowest BCUT2D eigenvalue weighted by Gasteiger charge is -2.24. The van der Waals surface area contributed by atoms with Crippen molar-refractivity contribution < 1.29 is 14.3 Å². The SMILES string of the molecule is C=CCC1CO/C=C\C(=O)/C=C\N(c2ccccc2)C1=O. The van der Waals surface area contributed by atoms with Gasteiger partial charge in [0.2, 0.25) is 5.91 Å². The molecule has 0 saturated carbocycles. The third-order valence-electron chi connectivity index (χ3n) is 3.09. The van der Waals surface area contributed by atoms with Crippen LogP contribution < -0.4 is 4.90 Å². The molecule has 0 aromatic heterocycles. The Morgan fingerprint density at radius 3 is 2.71 bits per heavy atom. The molecule has 1 aliphatic rings. The van der Waals surface area contributed by atoms with Gasteiger partial charge in [-0.3, -0.25) is 14.5 Å². The molecule has 1 amide bonds. The van der Waals surface area contributed by atoms with Gasteiger partial charge in [0.25, 0.3) is 0 Å². The maximum Gasteiger partial charge on any atom is 0.237 e. The molecule has 0 aliphatic carbocycles. The molecule has 1 unspecified atom stereocenters. The predicted molar refractivity (Wildman–Crippen MR) is 81.5 cm³/mol. The smallest absolute Gasteiger partial charge is 0.237 e. The van der Waals surface area contributed by atoms with Crippen molar-refractivity contribution in [3.63, 3.8) is 0 Å². The van der Waals surface area contributed by atoms with Crippen LogP contribution in [0, 0.1) is 5.92 Å². The number of ether oxygens (including phenoxy) is 1. The van der Waals surface area contributed by atoms with E-state index in [0.717, 1.165) is 0 Å². The molecule has 21 heavy (non-hydrogen) atoms. The quantitative estimate of drug-likeness (QED) is 0.801. The highest BCUT2D eigenvalue weighted by molar-refractivity contribution is 6.02. The highest BCUT2D eigenvalue weighted by atomic mass is 16.5. The largest absolute Gasteiger partial charge is 0.500 e. The molecule has 0 spiro atoms. The van der Waals surface area contributed by atoms with E-state index < -0.39 is 0 Å². The van der Waals surface area contributed by atoms with Crippen molar-refractivity contribution in [2.24, 2.45) is 5.92 Å². The molecule has 0 radical (unpaired) electrons. The van der Waals surface area contributed by atoms with Crippen molar-refractivity contribution in [2.45, 2.75) is 6.42 Å². The van der Waals surface area contributed by atoms with E-state index in [9.17, 15) is 9.59 Å². The first-order valence-electron chi connectivity index (χ1n) is 6.71. The van der Waals surface area contributed by atoms with Crippen molar-refractivity contribution in [3.05, 3.63) is 67.6 Å². The van der Waals surface area contributed by atoms with Crippen molar-refractivity contribution in [2.75, 3.05) is 11.5 Å². The van der Waals surface area contributed by atoms with Gasteiger partial charge in [-0.05, 0) is 18.6 Å². The van der Waals surface area contributed by atoms with Gasteiger partial charge >= 0.3 is 0 Å². The molecule has 1 atom stereocenters. The molecule has 2 rings (SSSR count). The minimum Gasteiger partial charge on any atom is -0.500 e. The van der Waals surface area contributed by atoms with E-state index in [2.05, 4.69) is 6.58 Å². The van der Waals surface area contributed by atoms with Gasteiger partial charge in [0, 0.05) is 24.0 Å². The number of amides is 1. The monoisotopic (exact) mass is 283 g/mol. The minimum atomic E-state index is -0.342. The third-order valence-corrected chi connectivity index (χ3v) is 3.09. The molecule has 4 nitrogen and oxygen atoms in total. The summed E-state index contributed by atoms with van der Waals surface area (Å²) in [7, 11) is 0. The van der Waals surface area contributed by atoms with Gasteiger partial charge in [-0.25, -0.2) is 0 Å². The van der Waals surface area contributed by atoms with Gasteiger partial charge in [-0.1, -0.05) is 24.3 Å². The highest BCUT2D eigenvalue weighted by Gasteiger charge is 2.24. The number of rotatable bonds is 3. The number of hydrogen-bond acceptors (Lipinski definition) is 3. The summed E-state index contributed by atoms with van der Waals surface area (Å²) in [6.07, 6.45) is 7.72. The van der Waals surface area contributed by atoms with Crippen LogP contribution in [-0.4, -0.2) is 18.3 Å². The fraction of sp³-hybridized carbons (Fsp3) is 0.176. The lowest BCUT2D eigenvalue weighted by atomic mass is 10.0. The molecule has 1 aromatic rings. The standard InChI is InChI=1S/C17H17NO3/c1-2-6-14-13-21-12-10-16(19)9-11-18(17(14)20)15-7-4-3-5-8-15/h2-5,7-12,14H,1,6,13H2/b11-9-,12-10-. The first-order chi connectivity index (χ1) is 10.2. The van der Waals surface area contributed by atoms with E-state index in [-0.39, 0.29) is 24.2 Å². The molecular weight excluding hydrogens is 266 g/mol. The summed E-state index contributed by atoms with van der Waals surface area (Å²) in [5.41, 5.74) is 0.713. The Hall–Kier alpha value is -2.62. The van der Waals surface area contributed by atoms with Crippen LogP contribution in [-0.2, 0) is 14.3 Å². The zero-order chi connectivity index (χ0) is 15.1. The van der Waals surface area contributed by atoms with Crippen LogP contribution in [0.5, 0.6) is 0 Å². The van der Waals surface area contributed by atoms with Gasteiger partial charge < -0.3 is 4.74 Å². The van der Waals surface area contributed by atoms with Crippen LogP contribution in [0.4, 0.5) is 5.69 Å². The molecule has 4 heteroatoms. The Morgan fingerprint density at radius 1 is 1.24 bits per heavy atom. The van der Waals surface area contributed by atoms with Crippen molar-refractivity contribution >= 4 is 17.4 Å². The van der Waals surface area contributed by atoms with E-state index in [0.29, 0.717) is 12.1 Å². The Labute approximate surface area is 124 Å². The second-order valence-corrected chi connectivity index (χ2v) is 4.62. The lowest BCUT2D eigenvalue weighted by Crippen LogP contribution is -2.34. The number of para-hydroxylation sites is 1. The zero-order valence-electron chi connectivity index (χ0n) is 11.6. The van der Waals surface area contributed by atoms with Crippen LogP contribution in [0.15, 0.2) is 67.6 Å². The average Bonchev–Trinajstić information content (AvgIpc) is 2.51. The van der Waals surface area contributed by atoms with Crippen LogP contribution >= 0.6 is 0 Å². The number of anilines is 1. The van der Waals surface area contributed by atoms with Gasteiger partial charge in [-0.2, -0.15) is 0 Å². The molecule has 1 aliphatic heterocycles. The molecule has 0 saturated heterocycles. The molecule has 0 bridgehead atoms. The van der Waals surface area contributed by atoms with Crippen LogP contribution in [0.3, 0.4) is 0 Å². The summed E-state index contributed by atoms with van der Waals surface area (Å²) < 4.78 is 5.27. The molecular formula is C17H17NO3. The van der Waals surface area contributed by atoms with Crippen LogP contribution in [0.1, 0.15) is 6.42 Å². The number of nitrogens with zero attached hydrogens (tertiary/aromatic N) is 1. The fourth-order valence-electron chi connectivity index (χ4n) is 2.00. The summed E-state index contributed by atoms with van der Waals surface area (Å²) in [5.74, 6) is -0.698. The third kappa shape index (κ3) is 3.92. The van der Waals surface area contributed by atoms with E-state index in [1.807, 2.05) is 30.3 Å². The second kappa shape index (κ2) is 7.24. The number of carbonyl (C=O) groups is 2. The highest BCUT2D eigenvalue weighted by Crippen LogP contribution is 2.20. The Morgan fingerprint density at radius 2 is 2.00 bits per heavy atom. The summed E-state index contributed by atoms with van der Waals surface area (Å²) in [6.45, 7) is 3.89. The number of ketones is 1. The van der Waals surface area contributed by atoms with Gasteiger partial charge in [0.15, 0.2) is 5.78 Å². The lowest BCUT2D eigenvalue weighted by molar-refractivity contribution is -0.122. The maximum atomic E-state index is 12.7. The van der Waals surface area contributed by atoms with Gasteiger partial charge in [0.05, 0.1) is 18.8 Å². The van der Waals surface area contributed by atoms with Crippen LogP contribution in [0.25, 0.3) is 0 Å². The van der Waals surface area contributed by atoms with Gasteiger partial charge in [-0.15, -0.1) is 6.58 Å². The molecule has 0 N–H and O–H groups in total. The molecule has 108 valence electrons. The summed E-state index contributed by atoms with van der Waals surface area (Å²) in [4.78, 5) is 25.7. The maximum absolute atomic E-state index is 12.7. The normalized spacial score (nSPS) is 22.3. The van der Waals surface area contributed by atoms with E-state index in [1.165, 1.54) is 29.5 Å². The Kier molecular flexibility index (Phi) is 5.10. The summed E-state index contributed by atoms with van der Waals surface area (Å²) in [5, 5.41) is 0. The fourth-order valence-corrected chi connectivity index (χ4v) is 2.00. The molecule has 0 fully saturated rings. The Bertz CT molecular complexity index is 575. The van der Waals surface area contributed by atoms with E-state index in [1.54, 1.807) is 6.08 Å². The predicted octanol–water partition coefficient (Wildman–Crippen LogP) is 2.84. The van der Waals surface area contributed by atoms with E-state index >= 15 is 0 Å².